The Morgan fingerprint density at radius 1 is 1.13 bits per heavy atom. The van der Waals surface area contributed by atoms with Gasteiger partial charge in [-0.3, -0.25) is 0 Å². The van der Waals surface area contributed by atoms with Gasteiger partial charge in [0.2, 0.25) is 5.95 Å². The summed E-state index contributed by atoms with van der Waals surface area (Å²) < 4.78 is 5.13. The highest BCUT2D eigenvalue weighted by Crippen LogP contribution is 2.26. The zero-order valence-electron chi connectivity index (χ0n) is 17.1. The summed E-state index contributed by atoms with van der Waals surface area (Å²) in [5.74, 6) is 3.02. The molecular weight excluding hydrogens is 390 g/mol. The van der Waals surface area contributed by atoms with E-state index in [-0.39, 0.29) is 6.04 Å². The van der Waals surface area contributed by atoms with Crippen LogP contribution < -0.4 is 16.4 Å². The summed E-state index contributed by atoms with van der Waals surface area (Å²) in [4.78, 5) is 20.7. The zero-order valence-corrected chi connectivity index (χ0v) is 17.1. The molecule has 0 saturated carbocycles. The van der Waals surface area contributed by atoms with Crippen LogP contribution >= 0.6 is 0 Å². The van der Waals surface area contributed by atoms with E-state index in [1.54, 1.807) is 19.3 Å². The summed E-state index contributed by atoms with van der Waals surface area (Å²) >= 11 is 0. The van der Waals surface area contributed by atoms with Crippen LogP contribution in [0, 0.1) is 0 Å². The number of allylic oxidation sites excluding steroid dienone is 1. The molecule has 0 aliphatic heterocycles. The molecule has 31 heavy (non-hydrogen) atoms. The van der Waals surface area contributed by atoms with Gasteiger partial charge in [-0.2, -0.15) is 4.98 Å². The maximum atomic E-state index is 11.4. The van der Waals surface area contributed by atoms with Crippen LogP contribution in [0.5, 0.6) is 0 Å². The van der Waals surface area contributed by atoms with Gasteiger partial charge in [0.15, 0.2) is 0 Å². The molecule has 1 aromatic heterocycles. The molecule has 7 heteroatoms. The van der Waals surface area contributed by atoms with Gasteiger partial charge in [0.1, 0.15) is 11.8 Å². The average molecular weight is 413 g/mol. The number of para-hydroxylation sites is 1. The maximum absolute atomic E-state index is 11.4. The predicted molar refractivity (Wildman–Crippen MR) is 123 cm³/mol. The smallest absolute Gasteiger partial charge is 0.229 e. The Balaban J connectivity index is 1.62. The number of carbonyl (C=O) groups excluding carboxylic acids is 1. The van der Waals surface area contributed by atoms with Crippen molar-refractivity contribution in [2.24, 2.45) is 5.73 Å². The fourth-order valence-corrected chi connectivity index (χ4v) is 3.34. The Morgan fingerprint density at radius 2 is 1.94 bits per heavy atom. The Labute approximate surface area is 180 Å². The molecule has 0 fully saturated rings. The van der Waals surface area contributed by atoms with Crippen molar-refractivity contribution in [1.29, 1.82) is 0 Å². The topological polar surface area (TPSA) is 102 Å². The minimum absolute atomic E-state index is 0.379. The summed E-state index contributed by atoms with van der Waals surface area (Å²) in [6.45, 7) is 0.684. The third-order valence-corrected chi connectivity index (χ3v) is 4.96. The van der Waals surface area contributed by atoms with E-state index >= 15 is 0 Å². The van der Waals surface area contributed by atoms with E-state index in [4.69, 9.17) is 10.5 Å². The van der Waals surface area contributed by atoms with Gasteiger partial charge in [-0.1, -0.05) is 30.3 Å². The van der Waals surface area contributed by atoms with Crippen molar-refractivity contribution in [3.05, 3.63) is 83.6 Å². The second-order valence-corrected chi connectivity index (χ2v) is 7.16. The van der Waals surface area contributed by atoms with Crippen molar-refractivity contribution >= 4 is 34.3 Å². The summed E-state index contributed by atoms with van der Waals surface area (Å²) in [6.07, 6.45) is 6.04. The van der Waals surface area contributed by atoms with Gasteiger partial charge in [0.05, 0.1) is 23.7 Å². The van der Waals surface area contributed by atoms with Crippen LogP contribution in [0.2, 0.25) is 0 Å². The van der Waals surface area contributed by atoms with Crippen molar-refractivity contribution in [3.8, 4) is 0 Å². The Hall–Kier alpha value is -3.93. The van der Waals surface area contributed by atoms with Crippen LogP contribution in [0.3, 0.4) is 0 Å². The molecule has 1 unspecified atom stereocenters. The van der Waals surface area contributed by atoms with Crippen LogP contribution in [0.1, 0.15) is 5.56 Å². The van der Waals surface area contributed by atoms with Crippen molar-refractivity contribution in [2.45, 2.75) is 12.5 Å². The highest BCUT2D eigenvalue weighted by molar-refractivity contribution is 5.91. The number of anilines is 3. The van der Waals surface area contributed by atoms with Gasteiger partial charge in [0, 0.05) is 23.9 Å². The SMILES string of the molecule is COCCc1ccc(Nc2nc(NC3C=CC(N)=CC3=C=O)c3ccccc3n2)cc1. The molecule has 2 aromatic carbocycles. The third-order valence-electron chi connectivity index (χ3n) is 4.96. The second kappa shape index (κ2) is 9.26. The highest BCUT2D eigenvalue weighted by atomic mass is 16.5. The van der Waals surface area contributed by atoms with Crippen molar-refractivity contribution in [3.63, 3.8) is 0 Å². The molecule has 0 bridgehead atoms. The minimum atomic E-state index is -0.379. The summed E-state index contributed by atoms with van der Waals surface area (Å²) in [5.41, 5.74) is 9.59. The van der Waals surface area contributed by atoms with Gasteiger partial charge in [-0.25, -0.2) is 9.78 Å². The molecule has 0 radical (unpaired) electrons. The fourth-order valence-electron chi connectivity index (χ4n) is 3.34. The lowest BCUT2D eigenvalue weighted by atomic mass is 10.0. The number of nitrogens with two attached hydrogens (primary N) is 1. The summed E-state index contributed by atoms with van der Waals surface area (Å²) in [7, 11) is 1.70. The Bertz CT molecular complexity index is 1190. The fraction of sp³-hybridized carbons (Fsp3) is 0.167. The lowest BCUT2D eigenvalue weighted by Gasteiger charge is -2.19. The van der Waals surface area contributed by atoms with E-state index in [0.717, 1.165) is 23.0 Å². The number of nitrogens with one attached hydrogen (secondary N) is 2. The first-order chi connectivity index (χ1) is 15.2. The molecule has 1 atom stereocenters. The number of aromatic nitrogens is 2. The number of hydrogen-bond acceptors (Lipinski definition) is 7. The van der Waals surface area contributed by atoms with E-state index in [9.17, 15) is 4.79 Å². The molecule has 156 valence electrons. The van der Waals surface area contributed by atoms with E-state index in [2.05, 4.69) is 20.6 Å². The van der Waals surface area contributed by atoms with Gasteiger partial charge in [-0.05, 0) is 48.4 Å². The molecule has 4 N–H and O–H groups in total. The maximum Gasteiger partial charge on any atom is 0.229 e. The minimum Gasteiger partial charge on any atom is -0.399 e. The summed E-state index contributed by atoms with van der Waals surface area (Å²) in [5, 5.41) is 7.43. The van der Waals surface area contributed by atoms with Crippen molar-refractivity contribution in [2.75, 3.05) is 24.4 Å². The van der Waals surface area contributed by atoms with Crippen molar-refractivity contribution < 1.29 is 9.53 Å². The molecule has 0 amide bonds. The van der Waals surface area contributed by atoms with Crippen LogP contribution in [-0.2, 0) is 16.0 Å². The molecule has 1 aliphatic carbocycles. The largest absolute Gasteiger partial charge is 0.399 e. The Kier molecular flexibility index (Phi) is 6.08. The molecule has 4 rings (SSSR count). The van der Waals surface area contributed by atoms with E-state index in [1.165, 1.54) is 5.56 Å². The quantitative estimate of drug-likeness (QED) is 0.509. The number of nitrogens with zero attached hydrogens (tertiary/aromatic N) is 2. The molecule has 3 aromatic rings. The standard InChI is InChI=1S/C24H23N5O2/c1-31-13-12-16-6-9-19(10-7-16)26-24-28-22-5-3-2-4-20(22)23(29-24)27-21-11-8-18(25)14-17(21)15-30/h2-11,14,21H,12-13,25H2,1H3,(H2,26,27,28,29). The van der Waals surface area contributed by atoms with Crippen LogP contribution in [0.4, 0.5) is 17.5 Å². The van der Waals surface area contributed by atoms with Gasteiger partial charge >= 0.3 is 0 Å². The predicted octanol–water partition coefficient (Wildman–Crippen LogP) is 3.51. The number of hydrogen-bond donors (Lipinski definition) is 3. The van der Waals surface area contributed by atoms with E-state index in [0.29, 0.717) is 29.6 Å². The first-order valence-corrected chi connectivity index (χ1v) is 9.95. The van der Waals surface area contributed by atoms with E-state index in [1.807, 2.05) is 60.5 Å². The average Bonchev–Trinajstić information content (AvgIpc) is 2.79. The molecule has 0 spiro atoms. The second-order valence-electron chi connectivity index (χ2n) is 7.16. The van der Waals surface area contributed by atoms with Crippen molar-refractivity contribution in [1.82, 2.24) is 9.97 Å². The van der Waals surface area contributed by atoms with Crippen LogP contribution in [0.15, 0.2) is 78.0 Å². The van der Waals surface area contributed by atoms with Gasteiger partial charge < -0.3 is 21.1 Å². The number of fused-ring (bicyclic) bond motifs is 1. The monoisotopic (exact) mass is 413 g/mol. The van der Waals surface area contributed by atoms with E-state index < -0.39 is 0 Å². The molecule has 1 heterocycles. The first kappa shape index (κ1) is 20.3. The summed E-state index contributed by atoms with van der Waals surface area (Å²) in [6, 6.07) is 15.4. The molecular formula is C24H23N5O2. The number of ether oxygens (including phenoxy) is 1. The first-order valence-electron chi connectivity index (χ1n) is 9.95. The lowest BCUT2D eigenvalue weighted by molar-refractivity contribution is 0.202. The molecule has 1 aliphatic rings. The third kappa shape index (κ3) is 4.80. The highest BCUT2D eigenvalue weighted by Gasteiger charge is 2.17. The van der Waals surface area contributed by atoms with Gasteiger partial charge in [-0.15, -0.1) is 0 Å². The van der Waals surface area contributed by atoms with Crippen LogP contribution in [0.25, 0.3) is 10.9 Å². The molecule has 0 saturated heterocycles. The number of benzene rings is 2. The lowest BCUT2D eigenvalue weighted by Crippen LogP contribution is -2.23. The normalized spacial score (nSPS) is 15.5. The molecule has 7 nitrogen and oxygen atoms in total. The van der Waals surface area contributed by atoms with Crippen LogP contribution in [-0.4, -0.2) is 35.7 Å². The number of rotatable bonds is 7. The number of methoxy groups -OCH3 is 1. The zero-order chi connectivity index (χ0) is 21.6. The Morgan fingerprint density at radius 3 is 2.71 bits per heavy atom. The van der Waals surface area contributed by atoms with Gasteiger partial charge in [0.25, 0.3) is 0 Å².